The maximum Gasteiger partial charge on any atom is 0.231 e. The minimum absolute atomic E-state index is 0.264. The highest BCUT2D eigenvalue weighted by Crippen LogP contribution is 2.37. The van der Waals surface area contributed by atoms with E-state index in [1.54, 1.807) is 23.1 Å². The Bertz CT molecular complexity index is 1250. The number of allylic oxidation sites excluding steroid dienone is 1. The maximum atomic E-state index is 6.37. The molecule has 0 unspecified atom stereocenters. The molecule has 0 bridgehead atoms. The SMILES string of the molecule is C=CCn1c(SCc2csc(-c3ccc4c(c3)OCO4)n2)nnc1-c1ccccc1Cl. The van der Waals surface area contributed by atoms with Gasteiger partial charge >= 0.3 is 0 Å². The second kappa shape index (κ2) is 8.74. The topological polar surface area (TPSA) is 62.1 Å². The lowest BCUT2D eigenvalue weighted by Crippen LogP contribution is -2.01. The van der Waals surface area contributed by atoms with Crippen molar-refractivity contribution in [3.05, 3.63) is 71.2 Å². The summed E-state index contributed by atoms with van der Waals surface area (Å²) in [6, 6.07) is 13.5. The van der Waals surface area contributed by atoms with Crippen molar-refractivity contribution in [3.8, 4) is 33.5 Å². The lowest BCUT2D eigenvalue weighted by atomic mass is 10.2. The van der Waals surface area contributed by atoms with Gasteiger partial charge in [0.05, 0.1) is 10.7 Å². The Morgan fingerprint density at radius 1 is 1.16 bits per heavy atom. The van der Waals surface area contributed by atoms with E-state index in [1.807, 2.05) is 53.1 Å². The van der Waals surface area contributed by atoms with Crippen LogP contribution >= 0.6 is 34.7 Å². The number of rotatable bonds is 7. The van der Waals surface area contributed by atoms with Crippen molar-refractivity contribution in [2.75, 3.05) is 6.79 Å². The van der Waals surface area contributed by atoms with Gasteiger partial charge in [-0.25, -0.2) is 4.98 Å². The molecule has 6 nitrogen and oxygen atoms in total. The van der Waals surface area contributed by atoms with Crippen LogP contribution in [-0.4, -0.2) is 26.5 Å². The van der Waals surface area contributed by atoms with Crippen LogP contribution in [0.5, 0.6) is 11.5 Å². The van der Waals surface area contributed by atoms with Crippen molar-refractivity contribution in [3.63, 3.8) is 0 Å². The monoisotopic (exact) mass is 468 g/mol. The van der Waals surface area contributed by atoms with E-state index in [2.05, 4.69) is 22.2 Å². The molecule has 5 rings (SSSR count). The molecule has 156 valence electrons. The minimum Gasteiger partial charge on any atom is -0.454 e. The molecular weight excluding hydrogens is 452 g/mol. The molecule has 0 fully saturated rings. The summed E-state index contributed by atoms with van der Waals surface area (Å²) in [7, 11) is 0. The van der Waals surface area contributed by atoms with Gasteiger partial charge in [0, 0.05) is 28.8 Å². The van der Waals surface area contributed by atoms with Crippen LogP contribution in [0.3, 0.4) is 0 Å². The van der Waals surface area contributed by atoms with Crippen LogP contribution in [0.4, 0.5) is 0 Å². The van der Waals surface area contributed by atoms with Crippen LogP contribution in [0.15, 0.2) is 65.7 Å². The van der Waals surface area contributed by atoms with E-state index >= 15 is 0 Å². The third-order valence-corrected chi connectivity index (χ3v) is 6.93. The van der Waals surface area contributed by atoms with E-state index in [0.29, 0.717) is 17.3 Å². The number of aromatic nitrogens is 4. The van der Waals surface area contributed by atoms with Gasteiger partial charge in [-0.15, -0.1) is 28.1 Å². The van der Waals surface area contributed by atoms with Crippen molar-refractivity contribution < 1.29 is 9.47 Å². The summed E-state index contributed by atoms with van der Waals surface area (Å²) in [5, 5.41) is 13.2. The predicted octanol–water partition coefficient (Wildman–Crippen LogP) is 5.93. The number of benzene rings is 2. The average molecular weight is 469 g/mol. The van der Waals surface area contributed by atoms with Crippen molar-refractivity contribution in [2.45, 2.75) is 17.5 Å². The first-order chi connectivity index (χ1) is 15.2. The summed E-state index contributed by atoms with van der Waals surface area (Å²) in [4.78, 5) is 4.78. The average Bonchev–Trinajstić information content (AvgIpc) is 3.52. The fourth-order valence-electron chi connectivity index (χ4n) is 3.20. The van der Waals surface area contributed by atoms with Gasteiger partial charge in [-0.2, -0.15) is 0 Å². The zero-order valence-electron chi connectivity index (χ0n) is 16.3. The molecule has 3 heterocycles. The molecule has 2 aromatic carbocycles. The van der Waals surface area contributed by atoms with E-state index in [1.165, 1.54) is 0 Å². The second-order valence-electron chi connectivity index (χ2n) is 6.69. The molecule has 0 aliphatic carbocycles. The van der Waals surface area contributed by atoms with Gasteiger partial charge in [-0.3, -0.25) is 4.57 Å². The molecule has 1 aliphatic heterocycles. The zero-order chi connectivity index (χ0) is 21.2. The Labute approximate surface area is 192 Å². The van der Waals surface area contributed by atoms with E-state index in [0.717, 1.165) is 44.3 Å². The molecule has 0 radical (unpaired) electrons. The Balaban J connectivity index is 1.35. The smallest absolute Gasteiger partial charge is 0.231 e. The molecule has 0 saturated carbocycles. The van der Waals surface area contributed by atoms with Gasteiger partial charge < -0.3 is 9.47 Å². The largest absolute Gasteiger partial charge is 0.454 e. The second-order valence-corrected chi connectivity index (χ2v) is 8.89. The van der Waals surface area contributed by atoms with E-state index in [9.17, 15) is 0 Å². The molecule has 1 aliphatic rings. The number of thioether (sulfide) groups is 1. The number of halogens is 1. The van der Waals surface area contributed by atoms with Gasteiger partial charge in [-0.05, 0) is 30.3 Å². The lowest BCUT2D eigenvalue weighted by molar-refractivity contribution is 0.174. The predicted molar refractivity (Wildman–Crippen MR) is 124 cm³/mol. The third-order valence-electron chi connectivity index (χ3n) is 4.66. The molecule has 0 atom stereocenters. The molecule has 31 heavy (non-hydrogen) atoms. The number of hydrogen-bond acceptors (Lipinski definition) is 7. The van der Waals surface area contributed by atoms with Crippen molar-refractivity contribution in [1.82, 2.24) is 19.7 Å². The van der Waals surface area contributed by atoms with Gasteiger partial charge in [0.2, 0.25) is 6.79 Å². The fraction of sp³-hybridized carbons (Fsp3) is 0.136. The van der Waals surface area contributed by atoms with E-state index in [-0.39, 0.29) is 6.79 Å². The highest BCUT2D eigenvalue weighted by Gasteiger charge is 2.18. The number of hydrogen-bond donors (Lipinski definition) is 0. The maximum absolute atomic E-state index is 6.37. The van der Waals surface area contributed by atoms with E-state index < -0.39 is 0 Å². The number of nitrogens with zero attached hydrogens (tertiary/aromatic N) is 4. The van der Waals surface area contributed by atoms with Crippen molar-refractivity contribution in [2.24, 2.45) is 0 Å². The Morgan fingerprint density at radius 2 is 2.03 bits per heavy atom. The van der Waals surface area contributed by atoms with Crippen LogP contribution in [0, 0.1) is 0 Å². The molecule has 0 amide bonds. The van der Waals surface area contributed by atoms with Crippen LogP contribution in [0.2, 0.25) is 5.02 Å². The highest BCUT2D eigenvalue weighted by molar-refractivity contribution is 7.98. The molecule has 4 aromatic rings. The van der Waals surface area contributed by atoms with Crippen LogP contribution in [-0.2, 0) is 12.3 Å². The Hall–Kier alpha value is -2.81. The molecule has 9 heteroatoms. The first-order valence-corrected chi connectivity index (χ1v) is 11.7. The zero-order valence-corrected chi connectivity index (χ0v) is 18.7. The summed E-state index contributed by atoms with van der Waals surface area (Å²) >= 11 is 9.56. The lowest BCUT2D eigenvalue weighted by Gasteiger charge is -2.08. The summed E-state index contributed by atoms with van der Waals surface area (Å²) in [5.41, 5.74) is 2.85. The van der Waals surface area contributed by atoms with Crippen molar-refractivity contribution >= 4 is 34.7 Å². The van der Waals surface area contributed by atoms with E-state index in [4.69, 9.17) is 26.1 Å². The molecule has 0 N–H and O–H groups in total. The number of thiazole rings is 1. The first-order valence-electron chi connectivity index (χ1n) is 9.49. The summed E-state index contributed by atoms with van der Waals surface area (Å²) in [5.74, 6) is 2.94. The standard InChI is InChI=1S/C22H17ClN4O2S2/c1-2-9-27-20(16-5-3-4-6-17(16)23)25-26-22(27)31-12-15-11-30-21(24-15)14-7-8-18-19(10-14)29-13-28-18/h2-8,10-11H,1,9,12-13H2. The quantitative estimate of drug-likeness (QED) is 0.247. The Kier molecular flexibility index (Phi) is 5.67. The summed E-state index contributed by atoms with van der Waals surface area (Å²) in [6.45, 7) is 4.72. The highest BCUT2D eigenvalue weighted by atomic mass is 35.5. The minimum atomic E-state index is 0.264. The van der Waals surface area contributed by atoms with Crippen LogP contribution in [0.25, 0.3) is 22.0 Å². The molecule has 0 saturated heterocycles. The summed E-state index contributed by atoms with van der Waals surface area (Å²) in [6.07, 6.45) is 1.83. The van der Waals surface area contributed by atoms with Gasteiger partial charge in [-0.1, -0.05) is 41.6 Å². The van der Waals surface area contributed by atoms with Gasteiger partial charge in [0.15, 0.2) is 22.5 Å². The summed E-state index contributed by atoms with van der Waals surface area (Å²) < 4.78 is 12.9. The number of fused-ring (bicyclic) bond motifs is 1. The normalized spacial score (nSPS) is 12.3. The van der Waals surface area contributed by atoms with Crippen LogP contribution < -0.4 is 9.47 Å². The van der Waals surface area contributed by atoms with Crippen molar-refractivity contribution in [1.29, 1.82) is 0 Å². The first kappa shape index (κ1) is 20.1. The molecule has 2 aromatic heterocycles. The van der Waals surface area contributed by atoms with Gasteiger partial charge in [0.25, 0.3) is 0 Å². The fourth-order valence-corrected chi connectivity index (χ4v) is 5.19. The molecule has 0 spiro atoms. The van der Waals surface area contributed by atoms with Crippen LogP contribution in [0.1, 0.15) is 5.69 Å². The number of ether oxygens (including phenoxy) is 2. The Morgan fingerprint density at radius 3 is 2.90 bits per heavy atom. The third kappa shape index (κ3) is 4.06. The van der Waals surface area contributed by atoms with Gasteiger partial charge in [0.1, 0.15) is 5.01 Å². The molecular formula is C22H17ClN4O2S2.